The fourth-order valence-electron chi connectivity index (χ4n) is 7.65. The summed E-state index contributed by atoms with van der Waals surface area (Å²) < 4.78 is 14.3. The summed E-state index contributed by atoms with van der Waals surface area (Å²) in [5.41, 5.74) is 0.990. The zero-order valence-corrected chi connectivity index (χ0v) is 20.9. The minimum atomic E-state index is 0.0239. The van der Waals surface area contributed by atoms with E-state index in [0.717, 1.165) is 35.2 Å². The van der Waals surface area contributed by atoms with Gasteiger partial charge in [0.1, 0.15) is 5.82 Å². The Labute approximate surface area is 198 Å². The summed E-state index contributed by atoms with van der Waals surface area (Å²) in [5.74, 6) is 5.34. The van der Waals surface area contributed by atoms with Crippen molar-refractivity contribution in [3.63, 3.8) is 0 Å². The van der Waals surface area contributed by atoms with Gasteiger partial charge in [-0.05, 0) is 79.2 Å². The molecule has 3 aliphatic rings. The van der Waals surface area contributed by atoms with Crippen molar-refractivity contribution in [2.75, 3.05) is 0 Å². The van der Waals surface area contributed by atoms with Crippen LogP contribution in [0.25, 0.3) is 0 Å². The number of fused-ring (bicyclic) bond motifs is 1. The standard InChI is InChI=1S/C31H49F/c1-2-3-4-5-6-9-24-12-14-25(15-13-24)16-17-26-18-19-28-23-29(21-20-27(28)22-26)30-10-7-8-11-31(30)32/h7-8,10-11,24-29H,2-6,9,12-23H2,1H3. The Hall–Kier alpha value is -0.850. The van der Waals surface area contributed by atoms with Crippen molar-refractivity contribution in [1.29, 1.82) is 0 Å². The van der Waals surface area contributed by atoms with Gasteiger partial charge in [-0.25, -0.2) is 4.39 Å². The van der Waals surface area contributed by atoms with Gasteiger partial charge in [0, 0.05) is 0 Å². The van der Waals surface area contributed by atoms with Crippen molar-refractivity contribution in [2.24, 2.45) is 29.6 Å². The molecule has 0 saturated heterocycles. The molecule has 0 aliphatic heterocycles. The molecule has 3 aliphatic carbocycles. The van der Waals surface area contributed by atoms with Gasteiger partial charge in [-0.15, -0.1) is 0 Å². The largest absolute Gasteiger partial charge is 0.207 e. The predicted molar refractivity (Wildman–Crippen MR) is 135 cm³/mol. The van der Waals surface area contributed by atoms with Gasteiger partial charge in [0.2, 0.25) is 0 Å². The number of hydrogen-bond acceptors (Lipinski definition) is 0. The molecule has 0 nitrogen and oxygen atoms in total. The lowest BCUT2D eigenvalue weighted by molar-refractivity contribution is 0.108. The number of rotatable bonds is 10. The van der Waals surface area contributed by atoms with Gasteiger partial charge in [0.25, 0.3) is 0 Å². The van der Waals surface area contributed by atoms with E-state index in [1.807, 2.05) is 18.2 Å². The summed E-state index contributed by atoms with van der Waals surface area (Å²) in [6, 6.07) is 7.53. The first-order valence-electron chi connectivity index (χ1n) is 14.5. The van der Waals surface area contributed by atoms with Crippen molar-refractivity contribution < 1.29 is 4.39 Å². The van der Waals surface area contributed by atoms with Gasteiger partial charge in [0.05, 0.1) is 0 Å². The second-order valence-electron chi connectivity index (χ2n) is 11.9. The maximum absolute atomic E-state index is 14.3. The second-order valence-corrected chi connectivity index (χ2v) is 11.9. The van der Waals surface area contributed by atoms with E-state index in [9.17, 15) is 4.39 Å². The highest BCUT2D eigenvalue weighted by Crippen LogP contribution is 2.49. The Morgan fingerprint density at radius 1 is 0.656 bits per heavy atom. The monoisotopic (exact) mass is 440 g/mol. The topological polar surface area (TPSA) is 0 Å². The van der Waals surface area contributed by atoms with Crippen molar-refractivity contribution in [1.82, 2.24) is 0 Å². The smallest absolute Gasteiger partial charge is 0.126 e. The third kappa shape index (κ3) is 6.83. The van der Waals surface area contributed by atoms with Gasteiger partial charge in [-0.2, -0.15) is 0 Å². The minimum absolute atomic E-state index is 0.0239. The molecule has 3 saturated carbocycles. The molecule has 1 aromatic carbocycles. The molecule has 4 rings (SSSR count). The Morgan fingerprint density at radius 2 is 1.28 bits per heavy atom. The van der Waals surface area contributed by atoms with Crippen LogP contribution < -0.4 is 0 Å². The van der Waals surface area contributed by atoms with Crippen LogP contribution in [0.3, 0.4) is 0 Å². The molecule has 0 bridgehead atoms. The van der Waals surface area contributed by atoms with E-state index in [4.69, 9.17) is 0 Å². The first-order chi connectivity index (χ1) is 15.7. The Morgan fingerprint density at radius 3 is 2.06 bits per heavy atom. The Balaban J connectivity index is 1.12. The lowest BCUT2D eigenvalue weighted by atomic mass is 9.63. The van der Waals surface area contributed by atoms with Crippen LogP contribution in [0.5, 0.6) is 0 Å². The minimum Gasteiger partial charge on any atom is -0.207 e. The van der Waals surface area contributed by atoms with Crippen LogP contribution >= 0.6 is 0 Å². The van der Waals surface area contributed by atoms with Gasteiger partial charge in [-0.1, -0.05) is 109 Å². The van der Waals surface area contributed by atoms with E-state index in [-0.39, 0.29) is 5.82 Å². The maximum Gasteiger partial charge on any atom is 0.126 e. The molecule has 32 heavy (non-hydrogen) atoms. The van der Waals surface area contributed by atoms with E-state index >= 15 is 0 Å². The molecular formula is C31H49F. The zero-order chi connectivity index (χ0) is 22.2. The molecule has 180 valence electrons. The van der Waals surface area contributed by atoms with Crippen LogP contribution in [0.4, 0.5) is 4.39 Å². The normalized spacial score (nSPS) is 33.1. The summed E-state index contributed by atoms with van der Waals surface area (Å²) in [5, 5.41) is 0. The number of benzene rings is 1. The summed E-state index contributed by atoms with van der Waals surface area (Å²) in [6.07, 6.45) is 25.9. The molecule has 3 fully saturated rings. The van der Waals surface area contributed by atoms with Gasteiger partial charge in [0.15, 0.2) is 0 Å². The van der Waals surface area contributed by atoms with E-state index in [1.54, 1.807) is 6.07 Å². The molecular weight excluding hydrogens is 391 g/mol. The highest BCUT2D eigenvalue weighted by atomic mass is 19.1. The number of unbranched alkanes of at least 4 members (excludes halogenated alkanes) is 4. The Kier molecular flexibility index (Phi) is 9.54. The molecule has 0 amide bonds. The first-order valence-corrected chi connectivity index (χ1v) is 14.5. The summed E-state index contributed by atoms with van der Waals surface area (Å²) in [6.45, 7) is 2.31. The molecule has 0 N–H and O–H groups in total. The fraction of sp³-hybridized carbons (Fsp3) is 0.806. The van der Waals surface area contributed by atoms with Crippen LogP contribution in [0.15, 0.2) is 24.3 Å². The zero-order valence-electron chi connectivity index (χ0n) is 20.9. The van der Waals surface area contributed by atoms with Gasteiger partial charge in [-0.3, -0.25) is 0 Å². The fourth-order valence-corrected chi connectivity index (χ4v) is 7.65. The van der Waals surface area contributed by atoms with Crippen molar-refractivity contribution in [2.45, 2.75) is 128 Å². The maximum atomic E-state index is 14.3. The summed E-state index contributed by atoms with van der Waals surface area (Å²) >= 11 is 0. The average Bonchev–Trinajstić information content (AvgIpc) is 2.83. The number of halogens is 1. The quantitative estimate of drug-likeness (QED) is 0.317. The highest BCUT2D eigenvalue weighted by molar-refractivity contribution is 5.22. The van der Waals surface area contributed by atoms with E-state index in [2.05, 4.69) is 6.92 Å². The third-order valence-corrected chi connectivity index (χ3v) is 9.73. The first kappa shape index (κ1) is 24.3. The number of hydrogen-bond donors (Lipinski definition) is 0. The lowest BCUT2D eigenvalue weighted by Gasteiger charge is -2.43. The molecule has 4 atom stereocenters. The van der Waals surface area contributed by atoms with Crippen molar-refractivity contribution in [3.05, 3.63) is 35.6 Å². The van der Waals surface area contributed by atoms with Crippen LogP contribution in [-0.2, 0) is 0 Å². The molecule has 0 radical (unpaired) electrons. The van der Waals surface area contributed by atoms with Crippen molar-refractivity contribution in [3.8, 4) is 0 Å². The van der Waals surface area contributed by atoms with Crippen LogP contribution in [-0.4, -0.2) is 0 Å². The molecule has 1 aromatic rings. The lowest BCUT2D eigenvalue weighted by Crippen LogP contribution is -2.31. The van der Waals surface area contributed by atoms with E-state index in [0.29, 0.717) is 5.92 Å². The molecule has 4 unspecified atom stereocenters. The Bertz CT molecular complexity index is 658. The van der Waals surface area contributed by atoms with Gasteiger partial charge < -0.3 is 0 Å². The third-order valence-electron chi connectivity index (χ3n) is 9.73. The van der Waals surface area contributed by atoms with E-state index in [1.165, 1.54) is 116 Å². The average molecular weight is 441 g/mol. The van der Waals surface area contributed by atoms with Crippen LogP contribution in [0.2, 0.25) is 0 Å². The highest BCUT2D eigenvalue weighted by Gasteiger charge is 2.36. The van der Waals surface area contributed by atoms with Crippen LogP contribution in [0.1, 0.15) is 134 Å². The predicted octanol–water partition coefficient (Wildman–Crippen LogP) is 10.1. The van der Waals surface area contributed by atoms with Crippen molar-refractivity contribution >= 4 is 0 Å². The molecule has 1 heteroatoms. The molecule has 0 aromatic heterocycles. The molecule has 0 heterocycles. The SMILES string of the molecule is CCCCCCCC1CCC(CCC2CCC3CC(c4ccccc4F)CCC3C2)CC1. The summed E-state index contributed by atoms with van der Waals surface area (Å²) in [4.78, 5) is 0. The van der Waals surface area contributed by atoms with E-state index < -0.39 is 0 Å². The summed E-state index contributed by atoms with van der Waals surface area (Å²) in [7, 11) is 0. The van der Waals surface area contributed by atoms with Crippen LogP contribution in [0, 0.1) is 35.4 Å². The van der Waals surface area contributed by atoms with Gasteiger partial charge >= 0.3 is 0 Å². The molecule has 0 spiro atoms. The second kappa shape index (κ2) is 12.6.